The molecule has 0 aliphatic carbocycles. The Morgan fingerprint density at radius 1 is 0.900 bits per heavy atom. The van der Waals surface area contributed by atoms with E-state index in [1.807, 2.05) is 80.6 Å². The number of carbonyl (C=O) groups excluding carboxylic acids is 2. The van der Waals surface area contributed by atoms with Gasteiger partial charge in [-0.2, -0.15) is 0 Å². The molecule has 0 bridgehead atoms. The molecule has 9 heteroatoms. The molecule has 0 aliphatic rings. The van der Waals surface area contributed by atoms with Crippen molar-refractivity contribution < 1.29 is 19.4 Å². The number of aromatic amines is 1. The average Bonchev–Trinajstić information content (AvgIpc) is 3.29. The lowest BCUT2D eigenvalue weighted by Crippen LogP contribution is -2.39. The molecule has 1 heterocycles. The number of nitrogens with one attached hydrogen (secondary N) is 1. The Labute approximate surface area is 234 Å². The molecule has 0 unspecified atom stereocenters. The number of anilines is 1. The number of benzene rings is 3. The van der Waals surface area contributed by atoms with Gasteiger partial charge in [-0.05, 0) is 57.5 Å². The van der Waals surface area contributed by atoms with Crippen LogP contribution < -0.4 is 4.90 Å². The number of H-pyrrole nitrogens is 1. The number of likely N-dealkylation sites (N-methyl/N-ethyl adjacent to an activating group) is 3. The Hall–Kier alpha value is -4.47. The Balaban J connectivity index is 1.65. The smallest absolute Gasteiger partial charge is 0.337 e. The standard InChI is InChI=1S/C31H35N5O4/c1-34(2)17-18-35(3)20-27(37)36(4)24-14-12-23(13-15-24)32-29(21-9-7-6-8-10-21)28-25-16-11-22(31(39)40-5)19-26(25)33-30(28)38/h6-16,19,33,38H,17-18,20H2,1-5H3. The summed E-state index contributed by atoms with van der Waals surface area (Å²) in [6, 6.07) is 22.1. The van der Waals surface area contributed by atoms with E-state index >= 15 is 0 Å². The van der Waals surface area contributed by atoms with Crippen molar-refractivity contribution in [1.29, 1.82) is 0 Å². The van der Waals surface area contributed by atoms with E-state index in [0.29, 0.717) is 40.0 Å². The summed E-state index contributed by atoms with van der Waals surface area (Å²) >= 11 is 0. The maximum Gasteiger partial charge on any atom is 0.337 e. The first kappa shape index (κ1) is 28.5. The molecule has 40 heavy (non-hydrogen) atoms. The van der Waals surface area contributed by atoms with E-state index < -0.39 is 5.97 Å². The van der Waals surface area contributed by atoms with Gasteiger partial charge in [0.1, 0.15) is 0 Å². The average molecular weight is 542 g/mol. The van der Waals surface area contributed by atoms with Crippen LogP contribution in [0.15, 0.2) is 77.8 Å². The molecule has 9 nitrogen and oxygen atoms in total. The third-order valence-electron chi connectivity index (χ3n) is 6.67. The number of aliphatic imine (C=N–C) groups is 1. The fourth-order valence-electron chi connectivity index (χ4n) is 4.34. The van der Waals surface area contributed by atoms with E-state index in [1.165, 1.54) is 7.11 Å². The minimum Gasteiger partial charge on any atom is -0.494 e. The second-order valence-electron chi connectivity index (χ2n) is 9.94. The van der Waals surface area contributed by atoms with Crippen molar-refractivity contribution in [1.82, 2.24) is 14.8 Å². The van der Waals surface area contributed by atoms with Crippen LogP contribution in [0, 0.1) is 0 Å². The molecule has 0 saturated carbocycles. The predicted octanol–water partition coefficient (Wildman–Crippen LogP) is 4.29. The highest BCUT2D eigenvalue weighted by Crippen LogP contribution is 2.32. The minimum atomic E-state index is -0.460. The SMILES string of the molecule is COC(=O)c1ccc2c(C(=Nc3ccc(N(C)C(=O)CN(C)CCN(C)C)cc3)c3ccccc3)c(O)[nH]c2c1. The molecule has 208 valence electrons. The van der Waals surface area contributed by atoms with E-state index in [4.69, 9.17) is 9.73 Å². The number of hydrogen-bond acceptors (Lipinski definition) is 7. The Kier molecular flexibility index (Phi) is 8.98. The maximum atomic E-state index is 12.8. The number of amides is 1. The number of fused-ring (bicyclic) bond motifs is 1. The number of ether oxygens (including phenoxy) is 1. The van der Waals surface area contributed by atoms with Gasteiger partial charge in [0.15, 0.2) is 5.88 Å². The van der Waals surface area contributed by atoms with Crippen LogP contribution in [0.4, 0.5) is 11.4 Å². The van der Waals surface area contributed by atoms with E-state index in [9.17, 15) is 14.7 Å². The summed E-state index contributed by atoms with van der Waals surface area (Å²) in [7, 11) is 9.05. The van der Waals surface area contributed by atoms with Crippen molar-refractivity contribution >= 4 is 39.9 Å². The molecule has 1 aromatic heterocycles. The molecular formula is C31H35N5O4. The van der Waals surface area contributed by atoms with Crippen molar-refractivity contribution in [2.24, 2.45) is 4.99 Å². The molecule has 2 N–H and O–H groups in total. The summed E-state index contributed by atoms with van der Waals surface area (Å²) in [6.45, 7) is 2.00. The van der Waals surface area contributed by atoms with Crippen molar-refractivity contribution in [2.75, 3.05) is 59.8 Å². The van der Waals surface area contributed by atoms with Crippen LogP contribution in [0.3, 0.4) is 0 Å². The van der Waals surface area contributed by atoms with Crippen molar-refractivity contribution in [3.05, 3.63) is 89.5 Å². The molecule has 1 amide bonds. The fraction of sp³-hybridized carbons (Fsp3) is 0.258. The van der Waals surface area contributed by atoms with Crippen LogP contribution in [0.25, 0.3) is 10.9 Å². The van der Waals surface area contributed by atoms with E-state index in [0.717, 1.165) is 24.3 Å². The summed E-state index contributed by atoms with van der Waals surface area (Å²) in [5.41, 5.74) is 4.28. The quantitative estimate of drug-likeness (QED) is 0.230. The Bertz CT molecular complexity index is 1510. The summed E-state index contributed by atoms with van der Waals surface area (Å²) < 4.78 is 4.83. The van der Waals surface area contributed by atoms with Gasteiger partial charge in [0, 0.05) is 42.3 Å². The third kappa shape index (κ3) is 6.56. The Morgan fingerprint density at radius 3 is 2.25 bits per heavy atom. The number of nitrogens with zero attached hydrogens (tertiary/aromatic N) is 4. The zero-order valence-corrected chi connectivity index (χ0v) is 23.5. The lowest BCUT2D eigenvalue weighted by Gasteiger charge is -2.23. The number of aromatic nitrogens is 1. The van der Waals surface area contributed by atoms with Crippen molar-refractivity contribution in [3.8, 4) is 5.88 Å². The highest BCUT2D eigenvalue weighted by molar-refractivity contribution is 6.22. The van der Waals surface area contributed by atoms with Gasteiger partial charge in [-0.3, -0.25) is 9.69 Å². The number of hydrogen-bond donors (Lipinski definition) is 2. The van der Waals surface area contributed by atoms with Gasteiger partial charge >= 0.3 is 5.97 Å². The summed E-state index contributed by atoms with van der Waals surface area (Å²) in [6.07, 6.45) is 0. The number of methoxy groups -OCH3 is 1. The van der Waals surface area contributed by atoms with Crippen LogP contribution in [0.1, 0.15) is 21.5 Å². The molecule has 0 radical (unpaired) electrons. The van der Waals surface area contributed by atoms with Gasteiger partial charge in [0.2, 0.25) is 5.91 Å². The number of aromatic hydroxyl groups is 1. The largest absolute Gasteiger partial charge is 0.494 e. The highest BCUT2D eigenvalue weighted by atomic mass is 16.5. The van der Waals surface area contributed by atoms with Gasteiger partial charge in [0.25, 0.3) is 0 Å². The van der Waals surface area contributed by atoms with Gasteiger partial charge < -0.3 is 24.6 Å². The maximum absolute atomic E-state index is 12.8. The van der Waals surface area contributed by atoms with Gasteiger partial charge in [-0.25, -0.2) is 9.79 Å². The van der Waals surface area contributed by atoms with Gasteiger partial charge in [0.05, 0.1) is 36.2 Å². The van der Waals surface area contributed by atoms with Crippen LogP contribution >= 0.6 is 0 Å². The molecule has 0 fully saturated rings. The first-order valence-electron chi connectivity index (χ1n) is 12.9. The van der Waals surface area contributed by atoms with Gasteiger partial charge in [-0.15, -0.1) is 0 Å². The highest BCUT2D eigenvalue weighted by Gasteiger charge is 2.20. The minimum absolute atomic E-state index is 0.00230. The molecule has 0 aliphatic heterocycles. The summed E-state index contributed by atoms with van der Waals surface area (Å²) in [5, 5.41) is 11.7. The fourth-order valence-corrected chi connectivity index (χ4v) is 4.34. The molecule has 4 aromatic rings. The lowest BCUT2D eigenvalue weighted by molar-refractivity contribution is -0.119. The molecule has 0 spiro atoms. The summed E-state index contributed by atoms with van der Waals surface area (Å²) in [4.78, 5) is 38.5. The third-order valence-corrected chi connectivity index (χ3v) is 6.67. The number of esters is 1. The molecule has 3 aromatic carbocycles. The molecule has 4 rings (SSSR count). The number of rotatable bonds is 10. The lowest BCUT2D eigenvalue weighted by atomic mass is 10.00. The Morgan fingerprint density at radius 2 is 1.60 bits per heavy atom. The second kappa shape index (κ2) is 12.6. The van der Waals surface area contributed by atoms with E-state index in [2.05, 4.69) is 9.88 Å². The summed E-state index contributed by atoms with van der Waals surface area (Å²) in [5.74, 6) is -0.518. The first-order chi connectivity index (χ1) is 19.2. The van der Waals surface area contributed by atoms with Crippen molar-refractivity contribution in [2.45, 2.75) is 0 Å². The zero-order chi connectivity index (χ0) is 28.8. The number of carbonyl (C=O) groups is 2. The van der Waals surface area contributed by atoms with E-state index in [-0.39, 0.29) is 11.8 Å². The molecular weight excluding hydrogens is 506 g/mol. The van der Waals surface area contributed by atoms with Crippen LogP contribution in [0.5, 0.6) is 5.88 Å². The monoisotopic (exact) mass is 541 g/mol. The van der Waals surface area contributed by atoms with Crippen LogP contribution in [-0.4, -0.2) is 92.4 Å². The zero-order valence-electron chi connectivity index (χ0n) is 23.5. The second-order valence-corrected chi connectivity index (χ2v) is 9.94. The normalized spacial score (nSPS) is 11.8. The molecule has 0 atom stereocenters. The van der Waals surface area contributed by atoms with Gasteiger partial charge in [-0.1, -0.05) is 36.4 Å². The first-order valence-corrected chi connectivity index (χ1v) is 12.9. The van der Waals surface area contributed by atoms with E-state index in [1.54, 1.807) is 30.1 Å². The van der Waals surface area contributed by atoms with Crippen LogP contribution in [0.2, 0.25) is 0 Å². The van der Waals surface area contributed by atoms with Crippen LogP contribution in [-0.2, 0) is 9.53 Å². The predicted molar refractivity (Wildman–Crippen MR) is 159 cm³/mol. The topological polar surface area (TPSA) is 101 Å². The van der Waals surface area contributed by atoms with Crippen molar-refractivity contribution in [3.63, 3.8) is 0 Å². The molecule has 0 saturated heterocycles.